The van der Waals surface area contributed by atoms with E-state index in [2.05, 4.69) is 32.9 Å². The van der Waals surface area contributed by atoms with Crippen molar-refractivity contribution in [1.82, 2.24) is 4.98 Å². The van der Waals surface area contributed by atoms with Gasteiger partial charge < -0.3 is 11.1 Å². The van der Waals surface area contributed by atoms with Crippen LogP contribution in [0.4, 0.5) is 5.82 Å². The molecular weight excluding hydrogens is 253 g/mol. The van der Waals surface area contributed by atoms with Gasteiger partial charge in [-0.3, -0.25) is 0 Å². The van der Waals surface area contributed by atoms with Gasteiger partial charge in [0, 0.05) is 22.9 Å². The number of anilines is 1. The molecule has 0 bridgehead atoms. The van der Waals surface area contributed by atoms with Crippen LogP contribution in [-0.4, -0.2) is 18.1 Å². The molecule has 0 aliphatic rings. The third kappa shape index (κ3) is 3.02. The van der Waals surface area contributed by atoms with Crippen molar-refractivity contribution in [2.45, 2.75) is 0 Å². The molecule has 3 nitrogen and oxygen atoms in total. The predicted molar refractivity (Wildman–Crippen MR) is 54.5 cm³/mol. The molecule has 0 aromatic carbocycles. The molecule has 0 radical (unpaired) electrons. The molecule has 4 heteroatoms. The number of nitrogens with one attached hydrogen (secondary N) is 1. The van der Waals surface area contributed by atoms with Gasteiger partial charge in [-0.2, -0.15) is 0 Å². The second-order valence-corrected chi connectivity index (χ2v) is 3.32. The van der Waals surface area contributed by atoms with E-state index in [1.807, 2.05) is 18.3 Å². The molecule has 11 heavy (non-hydrogen) atoms. The number of halogens is 1. The molecular formula is C7H10IN3. The minimum absolute atomic E-state index is 0.633. The monoisotopic (exact) mass is 263 g/mol. The summed E-state index contributed by atoms with van der Waals surface area (Å²) >= 11 is 2.22. The Bertz CT molecular complexity index is 209. The van der Waals surface area contributed by atoms with E-state index in [-0.39, 0.29) is 0 Å². The fourth-order valence-corrected chi connectivity index (χ4v) is 1.000. The Morgan fingerprint density at radius 2 is 2.36 bits per heavy atom. The van der Waals surface area contributed by atoms with Crippen molar-refractivity contribution in [2.75, 3.05) is 18.4 Å². The second kappa shape index (κ2) is 4.50. The van der Waals surface area contributed by atoms with Gasteiger partial charge in [-0.05, 0) is 34.7 Å². The second-order valence-electron chi connectivity index (χ2n) is 2.08. The van der Waals surface area contributed by atoms with Gasteiger partial charge in [-0.15, -0.1) is 0 Å². The van der Waals surface area contributed by atoms with Gasteiger partial charge in [0.05, 0.1) is 0 Å². The molecule has 1 heterocycles. The Hall–Kier alpha value is -0.360. The summed E-state index contributed by atoms with van der Waals surface area (Å²) in [6, 6.07) is 3.95. The summed E-state index contributed by atoms with van der Waals surface area (Å²) in [5.74, 6) is 0.885. The zero-order chi connectivity index (χ0) is 8.10. The van der Waals surface area contributed by atoms with Gasteiger partial charge in [-0.1, -0.05) is 0 Å². The first-order chi connectivity index (χ1) is 5.33. The lowest BCUT2D eigenvalue weighted by Gasteiger charge is -2.01. The summed E-state index contributed by atoms with van der Waals surface area (Å²) in [7, 11) is 0. The van der Waals surface area contributed by atoms with Crippen molar-refractivity contribution in [3.05, 3.63) is 21.9 Å². The lowest BCUT2D eigenvalue weighted by atomic mass is 10.4. The highest BCUT2D eigenvalue weighted by atomic mass is 127. The Balaban J connectivity index is 2.52. The summed E-state index contributed by atoms with van der Waals surface area (Å²) < 4.78 is 1.14. The van der Waals surface area contributed by atoms with E-state index in [1.54, 1.807) is 0 Å². The maximum absolute atomic E-state index is 5.31. The van der Waals surface area contributed by atoms with Crippen LogP contribution in [0.1, 0.15) is 0 Å². The van der Waals surface area contributed by atoms with Crippen molar-refractivity contribution in [1.29, 1.82) is 0 Å². The molecule has 1 rings (SSSR count). The Kier molecular flexibility index (Phi) is 3.58. The van der Waals surface area contributed by atoms with Crippen LogP contribution < -0.4 is 11.1 Å². The Morgan fingerprint density at radius 1 is 1.55 bits per heavy atom. The normalized spacial score (nSPS) is 9.64. The van der Waals surface area contributed by atoms with Crippen molar-refractivity contribution in [2.24, 2.45) is 5.73 Å². The topological polar surface area (TPSA) is 50.9 Å². The van der Waals surface area contributed by atoms with Crippen molar-refractivity contribution in [3.63, 3.8) is 0 Å². The summed E-state index contributed by atoms with van der Waals surface area (Å²) in [6.07, 6.45) is 1.82. The van der Waals surface area contributed by atoms with Crippen molar-refractivity contribution in [3.8, 4) is 0 Å². The third-order valence-corrected chi connectivity index (χ3v) is 1.82. The minimum atomic E-state index is 0.633. The number of hydrogen-bond donors (Lipinski definition) is 2. The molecule has 60 valence electrons. The quantitative estimate of drug-likeness (QED) is 0.801. The maximum atomic E-state index is 5.31. The van der Waals surface area contributed by atoms with Crippen molar-refractivity contribution < 1.29 is 0 Å². The Labute approximate surface area is 79.5 Å². The number of nitrogens with two attached hydrogens (primary N) is 1. The highest BCUT2D eigenvalue weighted by molar-refractivity contribution is 14.1. The van der Waals surface area contributed by atoms with E-state index in [0.717, 1.165) is 15.9 Å². The van der Waals surface area contributed by atoms with Gasteiger partial charge in [0.25, 0.3) is 0 Å². The summed E-state index contributed by atoms with van der Waals surface area (Å²) in [4.78, 5) is 4.14. The van der Waals surface area contributed by atoms with Gasteiger partial charge in [0.2, 0.25) is 0 Å². The Morgan fingerprint density at radius 3 is 2.91 bits per heavy atom. The zero-order valence-corrected chi connectivity index (χ0v) is 8.21. The molecule has 0 fully saturated rings. The van der Waals surface area contributed by atoms with Crippen LogP contribution in [0.5, 0.6) is 0 Å². The van der Waals surface area contributed by atoms with Crippen LogP contribution in [0, 0.1) is 3.57 Å². The average molecular weight is 263 g/mol. The lowest BCUT2D eigenvalue weighted by Crippen LogP contribution is -2.13. The smallest absolute Gasteiger partial charge is 0.125 e. The van der Waals surface area contributed by atoms with E-state index < -0.39 is 0 Å². The standard InChI is InChI=1S/C7H10IN3/c8-6-1-2-7(11-5-6)10-4-3-9/h1-2,5H,3-4,9H2,(H,10,11). The fraction of sp³-hybridized carbons (Fsp3) is 0.286. The molecule has 1 aromatic heterocycles. The summed E-state index contributed by atoms with van der Waals surface area (Å²) in [6.45, 7) is 1.40. The van der Waals surface area contributed by atoms with Crippen LogP contribution in [0.3, 0.4) is 0 Å². The molecule has 0 unspecified atom stereocenters. The molecule has 0 amide bonds. The van der Waals surface area contributed by atoms with Gasteiger partial charge in [0.1, 0.15) is 5.82 Å². The first-order valence-electron chi connectivity index (χ1n) is 3.38. The molecule has 0 aliphatic carbocycles. The predicted octanol–water partition coefficient (Wildman–Crippen LogP) is 1.06. The molecule has 0 saturated carbocycles. The van der Waals surface area contributed by atoms with E-state index >= 15 is 0 Å². The molecule has 0 spiro atoms. The molecule has 0 atom stereocenters. The van der Waals surface area contributed by atoms with Gasteiger partial charge in [-0.25, -0.2) is 4.98 Å². The largest absolute Gasteiger partial charge is 0.369 e. The van der Waals surface area contributed by atoms with Crippen LogP contribution >= 0.6 is 22.6 Å². The number of rotatable bonds is 3. The molecule has 1 aromatic rings. The zero-order valence-electron chi connectivity index (χ0n) is 6.05. The minimum Gasteiger partial charge on any atom is -0.369 e. The third-order valence-electron chi connectivity index (χ3n) is 1.18. The number of pyridine rings is 1. The van der Waals surface area contributed by atoms with E-state index in [0.29, 0.717) is 6.54 Å². The van der Waals surface area contributed by atoms with Crippen LogP contribution in [-0.2, 0) is 0 Å². The lowest BCUT2D eigenvalue weighted by molar-refractivity contribution is 1.01. The van der Waals surface area contributed by atoms with Crippen LogP contribution in [0.15, 0.2) is 18.3 Å². The van der Waals surface area contributed by atoms with Crippen molar-refractivity contribution >= 4 is 28.4 Å². The van der Waals surface area contributed by atoms with Gasteiger partial charge >= 0.3 is 0 Å². The highest BCUT2D eigenvalue weighted by Crippen LogP contribution is 2.05. The van der Waals surface area contributed by atoms with Crippen LogP contribution in [0.25, 0.3) is 0 Å². The maximum Gasteiger partial charge on any atom is 0.125 e. The first kappa shape index (κ1) is 8.73. The molecule has 3 N–H and O–H groups in total. The fourth-order valence-electron chi connectivity index (χ4n) is 0.681. The highest BCUT2D eigenvalue weighted by Gasteiger charge is 1.90. The van der Waals surface area contributed by atoms with E-state index in [4.69, 9.17) is 5.73 Å². The number of aromatic nitrogens is 1. The first-order valence-corrected chi connectivity index (χ1v) is 4.46. The average Bonchev–Trinajstić information content (AvgIpc) is 2.04. The van der Waals surface area contributed by atoms with E-state index in [1.165, 1.54) is 0 Å². The summed E-state index contributed by atoms with van der Waals surface area (Å²) in [5, 5.41) is 3.08. The SMILES string of the molecule is NCCNc1ccc(I)cn1. The van der Waals surface area contributed by atoms with Gasteiger partial charge in [0.15, 0.2) is 0 Å². The molecule has 0 saturated heterocycles. The molecule has 0 aliphatic heterocycles. The number of hydrogen-bond acceptors (Lipinski definition) is 3. The summed E-state index contributed by atoms with van der Waals surface area (Å²) in [5.41, 5.74) is 5.31. The number of nitrogens with zero attached hydrogens (tertiary/aromatic N) is 1. The van der Waals surface area contributed by atoms with E-state index in [9.17, 15) is 0 Å². The van der Waals surface area contributed by atoms with Crippen LogP contribution in [0.2, 0.25) is 0 Å².